The van der Waals surface area contributed by atoms with Crippen LogP contribution in [0.25, 0.3) is 11.1 Å². The van der Waals surface area contributed by atoms with Crippen molar-refractivity contribution >= 4 is 23.4 Å². The van der Waals surface area contributed by atoms with Crippen molar-refractivity contribution in [2.45, 2.75) is 6.92 Å². The highest BCUT2D eigenvalue weighted by atomic mass is 15.0. The molecule has 3 rings (SSSR count). The number of anilines is 3. The van der Waals surface area contributed by atoms with Crippen molar-refractivity contribution < 1.29 is 0 Å². The Morgan fingerprint density at radius 1 is 1.00 bits per heavy atom. The largest absolute Gasteiger partial charge is 0.399 e. The second-order valence-corrected chi connectivity index (χ2v) is 5.36. The lowest BCUT2D eigenvalue weighted by Gasteiger charge is -2.12. The lowest BCUT2D eigenvalue weighted by atomic mass is 10.0. The second kappa shape index (κ2) is 6.32. The van der Waals surface area contributed by atoms with Gasteiger partial charge in [0.15, 0.2) is 0 Å². The highest BCUT2D eigenvalue weighted by molar-refractivity contribution is 5.89. The molecule has 0 unspecified atom stereocenters. The molecule has 0 fully saturated rings. The van der Waals surface area contributed by atoms with Gasteiger partial charge in [0.2, 0.25) is 0 Å². The third-order valence-electron chi connectivity index (χ3n) is 3.58. The zero-order valence-corrected chi connectivity index (χ0v) is 12.9. The van der Waals surface area contributed by atoms with E-state index in [1.165, 1.54) is 6.21 Å². The van der Waals surface area contributed by atoms with Crippen LogP contribution in [0.1, 0.15) is 11.3 Å². The monoisotopic (exact) mass is 302 g/mol. The number of rotatable bonds is 4. The summed E-state index contributed by atoms with van der Waals surface area (Å²) in [4.78, 5) is 4.45. The predicted molar refractivity (Wildman–Crippen MR) is 96.4 cm³/mol. The van der Waals surface area contributed by atoms with Crippen molar-refractivity contribution in [2.75, 3.05) is 11.1 Å². The summed E-state index contributed by atoms with van der Waals surface area (Å²) in [5.41, 5.74) is 11.3. The van der Waals surface area contributed by atoms with Crippen molar-refractivity contribution in [1.29, 1.82) is 5.41 Å². The van der Waals surface area contributed by atoms with Gasteiger partial charge >= 0.3 is 0 Å². The number of nitrogens with two attached hydrogens (primary N) is 1. The van der Waals surface area contributed by atoms with Crippen LogP contribution in [0.15, 0.2) is 60.7 Å². The summed E-state index contributed by atoms with van der Waals surface area (Å²) in [7, 11) is 0. The van der Waals surface area contributed by atoms with E-state index in [0.717, 1.165) is 39.6 Å². The lowest BCUT2D eigenvalue weighted by Crippen LogP contribution is -1.98. The molecule has 0 saturated carbocycles. The standard InChI is InChI=1S/C19H18N4/c1-13-4-2-7-19(22-13)23-18-11-15(8-9-16(18)12-20)14-5-3-6-17(21)10-14/h2-12,20H,21H2,1H3,(H,22,23). The average molecular weight is 302 g/mol. The highest BCUT2D eigenvalue weighted by Gasteiger charge is 2.06. The smallest absolute Gasteiger partial charge is 0.130 e. The molecule has 0 amide bonds. The topological polar surface area (TPSA) is 74.8 Å². The molecular formula is C19H18N4. The molecule has 4 nitrogen and oxygen atoms in total. The van der Waals surface area contributed by atoms with Crippen LogP contribution in [-0.4, -0.2) is 11.2 Å². The molecule has 23 heavy (non-hydrogen) atoms. The van der Waals surface area contributed by atoms with E-state index in [1.54, 1.807) is 0 Å². The van der Waals surface area contributed by atoms with Crippen molar-refractivity contribution in [3.63, 3.8) is 0 Å². The molecule has 0 aliphatic rings. The maximum atomic E-state index is 7.60. The fourth-order valence-corrected chi connectivity index (χ4v) is 2.44. The van der Waals surface area contributed by atoms with Gasteiger partial charge in [0, 0.05) is 28.8 Å². The molecule has 1 aromatic heterocycles. The third kappa shape index (κ3) is 3.37. The van der Waals surface area contributed by atoms with Gasteiger partial charge in [0.25, 0.3) is 0 Å². The molecule has 0 atom stereocenters. The van der Waals surface area contributed by atoms with E-state index >= 15 is 0 Å². The summed E-state index contributed by atoms with van der Waals surface area (Å²) in [6.07, 6.45) is 1.33. The zero-order valence-electron chi connectivity index (χ0n) is 12.9. The Balaban J connectivity index is 2.01. The Labute approximate surface area is 135 Å². The van der Waals surface area contributed by atoms with Gasteiger partial charge in [0.1, 0.15) is 5.82 Å². The van der Waals surface area contributed by atoms with Crippen LogP contribution in [0.4, 0.5) is 17.2 Å². The van der Waals surface area contributed by atoms with Gasteiger partial charge in [-0.2, -0.15) is 0 Å². The molecule has 4 heteroatoms. The Bertz CT molecular complexity index is 855. The Kier molecular flexibility index (Phi) is 4.06. The molecule has 0 radical (unpaired) electrons. The number of hydrogen-bond donors (Lipinski definition) is 3. The van der Waals surface area contributed by atoms with Crippen LogP contribution in [0.2, 0.25) is 0 Å². The minimum absolute atomic E-state index is 0.730. The normalized spacial score (nSPS) is 10.3. The van der Waals surface area contributed by atoms with Crippen LogP contribution in [0, 0.1) is 12.3 Å². The van der Waals surface area contributed by atoms with Crippen LogP contribution < -0.4 is 11.1 Å². The Hall–Kier alpha value is -3.14. The average Bonchev–Trinajstić information content (AvgIpc) is 2.55. The summed E-state index contributed by atoms with van der Waals surface area (Å²) in [6, 6.07) is 19.5. The number of benzene rings is 2. The van der Waals surface area contributed by atoms with E-state index in [4.69, 9.17) is 11.1 Å². The zero-order chi connectivity index (χ0) is 16.2. The highest BCUT2D eigenvalue weighted by Crippen LogP contribution is 2.28. The number of nitrogen functional groups attached to an aromatic ring is 1. The SMILES string of the molecule is Cc1cccc(Nc2cc(-c3cccc(N)c3)ccc2C=N)n1. The van der Waals surface area contributed by atoms with E-state index < -0.39 is 0 Å². The summed E-state index contributed by atoms with van der Waals surface area (Å²) < 4.78 is 0. The van der Waals surface area contributed by atoms with Gasteiger partial charge in [-0.3, -0.25) is 0 Å². The van der Waals surface area contributed by atoms with E-state index in [-0.39, 0.29) is 0 Å². The van der Waals surface area contributed by atoms with Crippen LogP contribution >= 0.6 is 0 Å². The maximum Gasteiger partial charge on any atom is 0.130 e. The number of pyridine rings is 1. The van der Waals surface area contributed by atoms with Gasteiger partial charge < -0.3 is 16.5 Å². The van der Waals surface area contributed by atoms with Gasteiger partial charge in [-0.05, 0) is 48.4 Å². The molecule has 3 aromatic rings. The van der Waals surface area contributed by atoms with Gasteiger partial charge in [-0.25, -0.2) is 4.98 Å². The van der Waals surface area contributed by atoms with Crippen molar-refractivity contribution in [1.82, 2.24) is 4.98 Å². The van der Waals surface area contributed by atoms with E-state index in [9.17, 15) is 0 Å². The maximum absolute atomic E-state index is 7.60. The van der Waals surface area contributed by atoms with E-state index in [0.29, 0.717) is 0 Å². The van der Waals surface area contributed by atoms with Gasteiger partial charge in [-0.1, -0.05) is 30.3 Å². The minimum atomic E-state index is 0.730. The quantitative estimate of drug-likeness (QED) is 0.494. The molecule has 2 aromatic carbocycles. The second-order valence-electron chi connectivity index (χ2n) is 5.36. The number of nitrogens with one attached hydrogen (secondary N) is 2. The fourth-order valence-electron chi connectivity index (χ4n) is 2.44. The van der Waals surface area contributed by atoms with Crippen molar-refractivity contribution in [3.8, 4) is 11.1 Å². The fraction of sp³-hybridized carbons (Fsp3) is 0.0526. The Morgan fingerprint density at radius 2 is 1.78 bits per heavy atom. The number of nitrogens with zero attached hydrogens (tertiary/aromatic N) is 1. The molecule has 0 bridgehead atoms. The third-order valence-corrected chi connectivity index (χ3v) is 3.58. The molecule has 4 N–H and O–H groups in total. The van der Waals surface area contributed by atoms with Crippen molar-refractivity contribution in [3.05, 3.63) is 71.9 Å². The van der Waals surface area contributed by atoms with Crippen LogP contribution in [0.5, 0.6) is 0 Å². The molecule has 0 spiro atoms. The lowest BCUT2D eigenvalue weighted by molar-refractivity contribution is 1.20. The minimum Gasteiger partial charge on any atom is -0.399 e. The molecule has 0 aliphatic carbocycles. The summed E-state index contributed by atoms with van der Waals surface area (Å²) in [5.74, 6) is 0.762. The molecule has 0 saturated heterocycles. The molecule has 1 heterocycles. The predicted octanol–water partition coefficient (Wildman–Crippen LogP) is 4.38. The summed E-state index contributed by atoms with van der Waals surface area (Å²) in [6.45, 7) is 1.95. The Morgan fingerprint density at radius 3 is 2.52 bits per heavy atom. The van der Waals surface area contributed by atoms with Crippen LogP contribution in [0.3, 0.4) is 0 Å². The summed E-state index contributed by atoms with van der Waals surface area (Å²) in [5, 5.41) is 10.9. The number of hydrogen-bond acceptors (Lipinski definition) is 4. The first-order valence-electron chi connectivity index (χ1n) is 7.37. The van der Waals surface area contributed by atoms with Gasteiger partial charge in [-0.15, -0.1) is 0 Å². The number of aromatic nitrogens is 1. The first-order valence-corrected chi connectivity index (χ1v) is 7.37. The molecular weight excluding hydrogens is 284 g/mol. The van der Waals surface area contributed by atoms with E-state index in [1.807, 2.05) is 67.6 Å². The first-order chi connectivity index (χ1) is 11.2. The van der Waals surface area contributed by atoms with Crippen LogP contribution in [-0.2, 0) is 0 Å². The molecule has 114 valence electrons. The first kappa shape index (κ1) is 14.8. The van der Waals surface area contributed by atoms with Gasteiger partial charge in [0.05, 0.1) is 0 Å². The van der Waals surface area contributed by atoms with Crippen molar-refractivity contribution in [2.24, 2.45) is 0 Å². The number of aryl methyl sites for hydroxylation is 1. The summed E-state index contributed by atoms with van der Waals surface area (Å²) >= 11 is 0. The molecule has 0 aliphatic heterocycles. The van der Waals surface area contributed by atoms with E-state index in [2.05, 4.69) is 10.3 Å².